The zero-order chi connectivity index (χ0) is 30.7. The summed E-state index contributed by atoms with van der Waals surface area (Å²) >= 11 is 0. The molecule has 1 unspecified atom stereocenters. The van der Waals surface area contributed by atoms with Crippen LogP contribution in [-0.2, 0) is 38.9 Å². The van der Waals surface area contributed by atoms with E-state index >= 15 is 0 Å². The lowest BCUT2D eigenvalue weighted by Gasteiger charge is -2.47. The fraction of sp³-hybridized carbons (Fsp3) is 0.692. The molecule has 0 nitrogen and oxygen atoms in total. The highest BCUT2D eigenvalue weighted by molar-refractivity contribution is 5.63. The van der Waals surface area contributed by atoms with Gasteiger partial charge in [-0.2, -0.15) is 0 Å². The molecule has 2 aromatic carbocycles. The lowest BCUT2D eigenvalue weighted by atomic mass is 9.57. The van der Waals surface area contributed by atoms with Gasteiger partial charge in [0.25, 0.3) is 0 Å². The smallest absolute Gasteiger partial charge is 0.0126 e. The topological polar surface area (TPSA) is 0 Å². The molecule has 220 valence electrons. The minimum atomic E-state index is 0.0200. The second-order valence-corrected chi connectivity index (χ2v) is 18.6. The van der Waals surface area contributed by atoms with Crippen LogP contribution in [0.3, 0.4) is 0 Å². The van der Waals surface area contributed by atoms with E-state index in [0.29, 0.717) is 5.92 Å². The van der Waals surface area contributed by atoms with E-state index in [1.807, 2.05) is 0 Å². The minimum absolute atomic E-state index is 0.0200. The molecule has 0 heteroatoms. The summed E-state index contributed by atoms with van der Waals surface area (Å²) in [6.45, 7) is 46.3. The molecule has 1 atom stereocenters. The first-order valence-electron chi connectivity index (χ1n) is 15.5. The number of hydrogen-bond acceptors (Lipinski definition) is 0. The van der Waals surface area contributed by atoms with Crippen LogP contribution in [0.15, 0.2) is 24.3 Å². The summed E-state index contributed by atoms with van der Waals surface area (Å²) in [6.07, 6.45) is 1.06. The van der Waals surface area contributed by atoms with E-state index in [1.54, 1.807) is 33.4 Å². The highest BCUT2D eigenvalue weighted by Crippen LogP contribution is 2.53. The third-order valence-corrected chi connectivity index (χ3v) is 8.13. The second-order valence-electron chi connectivity index (χ2n) is 18.6. The van der Waals surface area contributed by atoms with Gasteiger partial charge in [0.05, 0.1) is 0 Å². The lowest BCUT2D eigenvalue weighted by Crippen LogP contribution is -2.38. The van der Waals surface area contributed by atoms with Crippen LogP contribution in [0.1, 0.15) is 182 Å². The average molecular weight is 533 g/mol. The highest BCUT2D eigenvalue weighted by Gasteiger charge is 2.43. The van der Waals surface area contributed by atoms with E-state index in [2.05, 4.69) is 156 Å². The molecule has 0 saturated heterocycles. The first-order valence-corrected chi connectivity index (χ1v) is 15.5. The van der Waals surface area contributed by atoms with Gasteiger partial charge in [-0.15, -0.1) is 0 Å². The SMILES string of the molecule is CC(Cc1ccccc1C(C)(C)C)c1c(C(C)(C)C)c(C(C)(C)C)c(C(C)(C)C)c(C(C)(C)C)c1C(C)(C)C. The Morgan fingerprint density at radius 1 is 0.436 bits per heavy atom. The summed E-state index contributed by atoms with van der Waals surface area (Å²) in [6, 6.07) is 9.17. The Morgan fingerprint density at radius 2 is 0.744 bits per heavy atom. The molecular weight excluding hydrogens is 468 g/mol. The van der Waals surface area contributed by atoms with Crippen molar-refractivity contribution in [3.8, 4) is 0 Å². The van der Waals surface area contributed by atoms with Crippen molar-refractivity contribution in [2.45, 2.75) is 176 Å². The molecule has 0 aromatic heterocycles. The van der Waals surface area contributed by atoms with Gasteiger partial charge in [-0.1, -0.05) is 156 Å². The Labute approximate surface area is 244 Å². The molecule has 0 aliphatic rings. The summed E-state index contributed by atoms with van der Waals surface area (Å²) in [5.74, 6) is 0.396. The second kappa shape index (κ2) is 10.4. The lowest BCUT2D eigenvalue weighted by molar-refractivity contribution is 0.449. The van der Waals surface area contributed by atoms with Crippen molar-refractivity contribution in [3.05, 3.63) is 68.8 Å². The normalized spacial score (nSPS) is 15.1. The van der Waals surface area contributed by atoms with Crippen molar-refractivity contribution < 1.29 is 0 Å². The molecule has 0 bridgehead atoms. The fourth-order valence-corrected chi connectivity index (χ4v) is 6.93. The first-order chi connectivity index (χ1) is 17.1. The number of benzene rings is 2. The van der Waals surface area contributed by atoms with Crippen LogP contribution < -0.4 is 0 Å². The van der Waals surface area contributed by atoms with Crippen molar-refractivity contribution in [3.63, 3.8) is 0 Å². The monoisotopic (exact) mass is 533 g/mol. The zero-order valence-electron chi connectivity index (χ0n) is 29.6. The fourth-order valence-electron chi connectivity index (χ4n) is 6.93. The Bertz CT molecular complexity index is 1110. The van der Waals surface area contributed by atoms with Gasteiger partial charge in [0, 0.05) is 0 Å². The summed E-state index contributed by atoms with van der Waals surface area (Å²) in [5.41, 5.74) is 12.8. The molecule has 0 spiro atoms. The van der Waals surface area contributed by atoms with E-state index < -0.39 is 0 Å². The van der Waals surface area contributed by atoms with Crippen molar-refractivity contribution in [2.75, 3.05) is 0 Å². The molecule has 0 amide bonds. The first kappa shape index (κ1) is 33.6. The molecule has 0 radical (unpaired) electrons. The molecule has 0 fully saturated rings. The molecule has 0 heterocycles. The summed E-state index contributed by atoms with van der Waals surface area (Å²) in [4.78, 5) is 0. The van der Waals surface area contributed by atoms with Gasteiger partial charge in [0.15, 0.2) is 0 Å². The molecule has 0 saturated carbocycles. The largest absolute Gasteiger partial charge is 0.0620 e. The van der Waals surface area contributed by atoms with Crippen molar-refractivity contribution in [1.82, 2.24) is 0 Å². The van der Waals surface area contributed by atoms with E-state index in [-0.39, 0.29) is 32.5 Å². The van der Waals surface area contributed by atoms with E-state index in [9.17, 15) is 0 Å². The third kappa shape index (κ3) is 7.21. The van der Waals surface area contributed by atoms with Gasteiger partial charge in [-0.3, -0.25) is 0 Å². The molecule has 0 aliphatic carbocycles. The molecule has 39 heavy (non-hydrogen) atoms. The van der Waals surface area contributed by atoms with Crippen LogP contribution in [0.4, 0.5) is 0 Å². The van der Waals surface area contributed by atoms with E-state index in [0.717, 1.165) is 6.42 Å². The maximum atomic E-state index is 2.51. The zero-order valence-corrected chi connectivity index (χ0v) is 29.6. The van der Waals surface area contributed by atoms with Crippen molar-refractivity contribution in [1.29, 1.82) is 0 Å². The minimum Gasteiger partial charge on any atom is -0.0620 e. The Kier molecular flexibility index (Phi) is 8.94. The van der Waals surface area contributed by atoms with Crippen molar-refractivity contribution >= 4 is 0 Å². The van der Waals surface area contributed by atoms with Crippen LogP contribution in [0.5, 0.6) is 0 Å². The third-order valence-electron chi connectivity index (χ3n) is 8.13. The van der Waals surface area contributed by atoms with Crippen LogP contribution >= 0.6 is 0 Å². The highest BCUT2D eigenvalue weighted by atomic mass is 14.5. The van der Waals surface area contributed by atoms with Gasteiger partial charge >= 0.3 is 0 Å². The Balaban J connectivity index is 3.30. The van der Waals surface area contributed by atoms with Gasteiger partial charge in [0.2, 0.25) is 0 Å². The quantitative estimate of drug-likeness (QED) is 0.369. The Morgan fingerprint density at radius 3 is 1.05 bits per heavy atom. The standard InChI is InChI=1S/C39H64/c1-25(24-26-22-20-21-23-27(26)34(2,3)4)28-29(35(5,6)7)31(37(11,12)13)33(39(17,18)19)32(38(14,15)16)30(28)36(8,9)10/h20-23,25H,24H2,1-19H3. The molecule has 0 aliphatic heterocycles. The molecule has 2 aromatic rings. The Hall–Kier alpha value is -1.56. The van der Waals surface area contributed by atoms with Gasteiger partial charge in [0.1, 0.15) is 0 Å². The maximum Gasteiger partial charge on any atom is -0.0126 e. The molecule has 0 N–H and O–H groups in total. The van der Waals surface area contributed by atoms with Gasteiger partial charge in [-0.25, -0.2) is 0 Å². The number of hydrogen-bond donors (Lipinski definition) is 0. The van der Waals surface area contributed by atoms with Gasteiger partial charge in [-0.05, 0) is 89.3 Å². The van der Waals surface area contributed by atoms with Crippen LogP contribution in [0.25, 0.3) is 0 Å². The van der Waals surface area contributed by atoms with Crippen LogP contribution in [0, 0.1) is 0 Å². The predicted octanol–water partition coefficient (Wildman–Crippen LogP) is 11.8. The van der Waals surface area contributed by atoms with Crippen LogP contribution in [-0.4, -0.2) is 0 Å². The van der Waals surface area contributed by atoms with Crippen molar-refractivity contribution in [2.24, 2.45) is 0 Å². The van der Waals surface area contributed by atoms with E-state index in [4.69, 9.17) is 0 Å². The summed E-state index contributed by atoms with van der Waals surface area (Å²) < 4.78 is 0. The van der Waals surface area contributed by atoms with Crippen LogP contribution in [0.2, 0.25) is 0 Å². The number of rotatable bonds is 3. The molecule has 2 rings (SSSR count). The maximum absolute atomic E-state index is 2.51. The van der Waals surface area contributed by atoms with E-state index in [1.165, 1.54) is 11.1 Å². The summed E-state index contributed by atoms with van der Waals surface area (Å²) in [7, 11) is 0. The summed E-state index contributed by atoms with van der Waals surface area (Å²) in [5, 5.41) is 0. The predicted molar refractivity (Wildman–Crippen MR) is 177 cm³/mol. The average Bonchev–Trinajstić information content (AvgIpc) is 2.67. The molecular formula is C39H64. The van der Waals surface area contributed by atoms with Gasteiger partial charge < -0.3 is 0 Å².